The molecule has 1 rings (SSSR count). The second-order valence-corrected chi connectivity index (χ2v) is 5.58. The van der Waals surface area contributed by atoms with Crippen molar-refractivity contribution in [2.24, 2.45) is 0 Å². The molecule has 0 heterocycles. The average molecular weight is 375 g/mol. The number of rotatable bonds is 4. The van der Waals surface area contributed by atoms with Crippen LogP contribution in [0.25, 0.3) is 0 Å². The lowest BCUT2D eigenvalue weighted by Gasteiger charge is -2.16. The molecule has 7 nitrogen and oxygen atoms in total. The summed E-state index contributed by atoms with van der Waals surface area (Å²) >= 11 is 3.17. The Morgan fingerprint density at radius 2 is 1.45 bits per heavy atom. The van der Waals surface area contributed by atoms with E-state index in [1.807, 2.05) is 0 Å². The fraction of sp³-hybridized carbons (Fsp3) is 0.429. The minimum atomic E-state index is -0.824. The van der Waals surface area contributed by atoms with Gasteiger partial charge in [-0.1, -0.05) is 15.9 Å². The zero-order valence-electron chi connectivity index (χ0n) is 12.9. The molecule has 0 aliphatic heterocycles. The molecule has 1 aromatic rings. The van der Waals surface area contributed by atoms with Gasteiger partial charge in [0.2, 0.25) is 0 Å². The molecule has 0 aliphatic rings. The molecule has 0 spiro atoms. The van der Waals surface area contributed by atoms with Crippen LogP contribution in [0.4, 0.5) is 9.59 Å². The van der Waals surface area contributed by atoms with Crippen LogP contribution in [0.15, 0.2) is 18.2 Å². The Morgan fingerprint density at radius 3 is 1.77 bits per heavy atom. The number of halogens is 1. The molecule has 1 aromatic carbocycles. The van der Waals surface area contributed by atoms with E-state index in [1.165, 1.54) is 28.0 Å². The third-order valence-corrected chi connectivity index (χ3v) is 3.19. The lowest BCUT2D eigenvalue weighted by molar-refractivity contribution is 0.168. The number of carbonyl (C=O) groups excluding carboxylic acids is 2. The fourth-order valence-electron chi connectivity index (χ4n) is 1.38. The fourth-order valence-corrected chi connectivity index (χ4v) is 1.75. The minimum absolute atomic E-state index is 0.178. The first-order chi connectivity index (χ1) is 10.2. The van der Waals surface area contributed by atoms with E-state index in [2.05, 4.69) is 15.9 Å². The molecule has 0 radical (unpaired) electrons. The van der Waals surface area contributed by atoms with Gasteiger partial charge in [-0.15, -0.1) is 0 Å². The van der Waals surface area contributed by atoms with Crippen molar-refractivity contribution in [3.05, 3.63) is 23.8 Å². The van der Waals surface area contributed by atoms with Crippen LogP contribution in [0.2, 0.25) is 0 Å². The first-order valence-electron chi connectivity index (χ1n) is 6.42. The van der Waals surface area contributed by atoms with Gasteiger partial charge in [-0.05, 0) is 17.7 Å². The zero-order chi connectivity index (χ0) is 16.9. The van der Waals surface area contributed by atoms with Crippen molar-refractivity contribution in [3.8, 4) is 11.5 Å². The SMILES string of the molecule is CN(C)C(=O)Oc1cc(OC(=O)N(C)C)cc([C@@H](O)CBr)c1. The zero-order valence-corrected chi connectivity index (χ0v) is 14.5. The van der Waals surface area contributed by atoms with Gasteiger partial charge in [0.1, 0.15) is 11.5 Å². The van der Waals surface area contributed by atoms with E-state index in [0.29, 0.717) is 10.9 Å². The third-order valence-electron chi connectivity index (χ3n) is 2.57. The van der Waals surface area contributed by atoms with Gasteiger partial charge in [-0.2, -0.15) is 0 Å². The van der Waals surface area contributed by atoms with Crippen LogP contribution < -0.4 is 9.47 Å². The molecule has 0 saturated carbocycles. The van der Waals surface area contributed by atoms with Gasteiger partial charge in [0.25, 0.3) is 0 Å². The number of hydrogen-bond donors (Lipinski definition) is 1. The molecule has 22 heavy (non-hydrogen) atoms. The van der Waals surface area contributed by atoms with E-state index < -0.39 is 18.3 Å². The third kappa shape index (κ3) is 5.19. The number of amides is 2. The highest BCUT2D eigenvalue weighted by atomic mass is 79.9. The molecule has 0 saturated heterocycles. The monoisotopic (exact) mass is 374 g/mol. The summed E-state index contributed by atoms with van der Waals surface area (Å²) in [6.07, 6.45) is -1.97. The van der Waals surface area contributed by atoms with Crippen molar-refractivity contribution in [1.82, 2.24) is 9.80 Å². The van der Waals surface area contributed by atoms with Crippen LogP contribution in [0.1, 0.15) is 11.7 Å². The molecular weight excluding hydrogens is 356 g/mol. The molecule has 8 heteroatoms. The molecule has 0 fully saturated rings. The van der Waals surface area contributed by atoms with Gasteiger partial charge < -0.3 is 24.4 Å². The molecule has 0 aromatic heterocycles. The topological polar surface area (TPSA) is 79.3 Å². The summed E-state index contributed by atoms with van der Waals surface area (Å²) in [5.74, 6) is 0.357. The molecule has 122 valence electrons. The number of hydrogen-bond acceptors (Lipinski definition) is 5. The standard InChI is InChI=1S/C14H19BrN2O5/c1-16(2)13(19)21-10-5-9(12(18)8-15)6-11(7-10)22-14(20)17(3)4/h5-7,12,18H,8H2,1-4H3/t12-/m0/s1. The molecule has 0 unspecified atom stereocenters. The number of alkyl halides is 1. The lowest BCUT2D eigenvalue weighted by Crippen LogP contribution is -2.26. The number of aliphatic hydroxyl groups is 1. The molecule has 0 aliphatic carbocycles. The van der Waals surface area contributed by atoms with Gasteiger partial charge in [-0.3, -0.25) is 0 Å². The second kappa shape index (κ2) is 8.00. The van der Waals surface area contributed by atoms with Crippen molar-refractivity contribution >= 4 is 28.1 Å². The highest BCUT2D eigenvalue weighted by molar-refractivity contribution is 9.09. The Morgan fingerprint density at radius 1 is 1.05 bits per heavy atom. The van der Waals surface area contributed by atoms with E-state index in [0.717, 1.165) is 0 Å². The maximum absolute atomic E-state index is 11.6. The van der Waals surface area contributed by atoms with E-state index in [-0.39, 0.29) is 11.5 Å². The van der Waals surface area contributed by atoms with Gasteiger partial charge in [0.15, 0.2) is 0 Å². The number of benzene rings is 1. The summed E-state index contributed by atoms with van der Waals surface area (Å²) < 4.78 is 10.3. The Labute approximate surface area is 137 Å². The van der Waals surface area contributed by atoms with Crippen LogP contribution in [0, 0.1) is 0 Å². The predicted molar refractivity (Wildman–Crippen MR) is 84.6 cm³/mol. The summed E-state index contributed by atoms with van der Waals surface area (Å²) in [6, 6.07) is 4.44. The average Bonchev–Trinajstić information content (AvgIpc) is 2.45. The molecular formula is C14H19BrN2O5. The van der Waals surface area contributed by atoms with Crippen LogP contribution in [0.5, 0.6) is 11.5 Å². The van der Waals surface area contributed by atoms with Crippen LogP contribution >= 0.6 is 15.9 Å². The van der Waals surface area contributed by atoms with Crippen molar-refractivity contribution in [3.63, 3.8) is 0 Å². The van der Waals surface area contributed by atoms with Crippen molar-refractivity contribution in [2.75, 3.05) is 33.5 Å². The molecule has 0 bridgehead atoms. The van der Waals surface area contributed by atoms with Gasteiger partial charge in [0, 0.05) is 39.6 Å². The van der Waals surface area contributed by atoms with Crippen molar-refractivity contribution in [2.45, 2.75) is 6.10 Å². The highest BCUT2D eigenvalue weighted by Crippen LogP contribution is 2.28. The molecule has 1 atom stereocenters. The van der Waals surface area contributed by atoms with Gasteiger partial charge in [0.05, 0.1) is 6.10 Å². The number of ether oxygens (including phenoxy) is 2. The summed E-state index contributed by atoms with van der Waals surface area (Å²) in [6.45, 7) is 0. The summed E-state index contributed by atoms with van der Waals surface area (Å²) in [7, 11) is 6.19. The van der Waals surface area contributed by atoms with Gasteiger partial charge in [-0.25, -0.2) is 9.59 Å². The van der Waals surface area contributed by atoms with E-state index >= 15 is 0 Å². The summed E-state index contributed by atoms with van der Waals surface area (Å²) in [5, 5.41) is 10.2. The number of aliphatic hydroxyl groups excluding tert-OH is 1. The Kier molecular flexibility index (Phi) is 6.63. The summed E-state index contributed by atoms with van der Waals surface area (Å²) in [5.41, 5.74) is 0.461. The largest absolute Gasteiger partial charge is 0.414 e. The Bertz CT molecular complexity index is 508. The quantitative estimate of drug-likeness (QED) is 0.817. The van der Waals surface area contributed by atoms with Crippen LogP contribution in [0.3, 0.4) is 0 Å². The molecule has 2 amide bonds. The Balaban J connectivity index is 3.10. The first-order valence-corrected chi connectivity index (χ1v) is 7.54. The second-order valence-electron chi connectivity index (χ2n) is 4.93. The first kappa shape index (κ1) is 18.2. The van der Waals surface area contributed by atoms with E-state index in [4.69, 9.17) is 9.47 Å². The van der Waals surface area contributed by atoms with E-state index in [9.17, 15) is 14.7 Å². The maximum atomic E-state index is 11.6. The lowest BCUT2D eigenvalue weighted by atomic mass is 10.1. The van der Waals surface area contributed by atoms with Crippen LogP contribution in [-0.2, 0) is 0 Å². The number of carbonyl (C=O) groups is 2. The maximum Gasteiger partial charge on any atom is 0.414 e. The van der Waals surface area contributed by atoms with Crippen LogP contribution in [-0.4, -0.2) is 60.6 Å². The number of nitrogens with zero attached hydrogens (tertiary/aromatic N) is 2. The summed E-state index contributed by atoms with van der Waals surface area (Å²) in [4.78, 5) is 25.8. The highest BCUT2D eigenvalue weighted by Gasteiger charge is 2.15. The van der Waals surface area contributed by atoms with E-state index in [1.54, 1.807) is 28.2 Å². The smallest absolute Gasteiger partial charge is 0.410 e. The Hall–Kier alpha value is -1.80. The minimum Gasteiger partial charge on any atom is -0.410 e. The molecule has 1 N–H and O–H groups in total. The van der Waals surface area contributed by atoms with Gasteiger partial charge >= 0.3 is 12.2 Å². The van der Waals surface area contributed by atoms with Crippen molar-refractivity contribution < 1.29 is 24.2 Å². The predicted octanol–water partition coefficient (Wildman–Crippen LogP) is 2.24. The normalized spacial score (nSPS) is 11.5. The van der Waals surface area contributed by atoms with Crippen molar-refractivity contribution in [1.29, 1.82) is 0 Å².